The molecule has 1 saturated heterocycles. The van der Waals surface area contributed by atoms with Gasteiger partial charge in [-0.1, -0.05) is 0 Å². The molecule has 2 unspecified atom stereocenters. The maximum atomic E-state index is 11.8. The van der Waals surface area contributed by atoms with Gasteiger partial charge < -0.3 is 20.1 Å². The van der Waals surface area contributed by atoms with Crippen LogP contribution in [-0.2, 0) is 9.53 Å². The monoisotopic (exact) mass is 244 g/mol. The lowest BCUT2D eigenvalue weighted by Gasteiger charge is -2.28. The predicted molar refractivity (Wildman–Crippen MR) is 65.8 cm³/mol. The number of carbonyl (C=O) groups excluding carboxylic acids is 1. The zero-order chi connectivity index (χ0) is 12.9. The summed E-state index contributed by atoms with van der Waals surface area (Å²) in [4.78, 5) is 13.5. The van der Waals surface area contributed by atoms with Crippen molar-refractivity contribution in [3.8, 4) is 0 Å². The number of ether oxygens (including phenoxy) is 1. The summed E-state index contributed by atoms with van der Waals surface area (Å²) in [7, 11) is 3.39. The molecule has 0 aromatic carbocycles. The fourth-order valence-corrected chi connectivity index (χ4v) is 2.03. The first kappa shape index (κ1) is 14.4. The number of carbonyl (C=O) groups is 1. The van der Waals surface area contributed by atoms with Crippen LogP contribution in [0.4, 0.5) is 0 Å². The minimum absolute atomic E-state index is 0.0641. The number of nitrogens with one attached hydrogen (secondary N) is 1. The third-order valence-electron chi connectivity index (χ3n) is 3.35. The molecule has 0 radical (unpaired) electrons. The molecule has 100 valence electrons. The smallest absolute Gasteiger partial charge is 0.222 e. The van der Waals surface area contributed by atoms with Gasteiger partial charge in [-0.15, -0.1) is 0 Å². The molecule has 1 rings (SSSR count). The Morgan fingerprint density at radius 1 is 1.65 bits per heavy atom. The van der Waals surface area contributed by atoms with Crippen molar-refractivity contribution in [1.29, 1.82) is 0 Å². The number of rotatable bonds is 6. The van der Waals surface area contributed by atoms with Gasteiger partial charge in [-0.05, 0) is 26.3 Å². The molecule has 5 nitrogen and oxygen atoms in total. The molecule has 1 heterocycles. The summed E-state index contributed by atoms with van der Waals surface area (Å²) in [5, 5.41) is 13.3. The summed E-state index contributed by atoms with van der Waals surface area (Å²) >= 11 is 0. The number of β-amino-alcohol motifs (C(OH)–C–C–N with tert-alkyl or cyclic N) is 1. The Kier molecular flexibility index (Phi) is 5.36. The molecule has 17 heavy (non-hydrogen) atoms. The maximum absolute atomic E-state index is 11.8. The van der Waals surface area contributed by atoms with E-state index in [4.69, 9.17) is 4.74 Å². The van der Waals surface area contributed by atoms with Gasteiger partial charge in [-0.3, -0.25) is 4.79 Å². The second kappa shape index (κ2) is 6.33. The second-order valence-corrected chi connectivity index (χ2v) is 4.99. The van der Waals surface area contributed by atoms with Crippen molar-refractivity contribution in [3.63, 3.8) is 0 Å². The van der Waals surface area contributed by atoms with Crippen LogP contribution in [0.15, 0.2) is 0 Å². The van der Waals surface area contributed by atoms with Crippen LogP contribution in [0.25, 0.3) is 0 Å². The van der Waals surface area contributed by atoms with E-state index in [2.05, 4.69) is 5.32 Å². The molecule has 0 aromatic heterocycles. The van der Waals surface area contributed by atoms with Gasteiger partial charge in [0, 0.05) is 27.1 Å². The summed E-state index contributed by atoms with van der Waals surface area (Å²) in [5.74, 6) is 0.0641. The van der Waals surface area contributed by atoms with Crippen LogP contribution in [0.3, 0.4) is 0 Å². The van der Waals surface area contributed by atoms with Crippen molar-refractivity contribution in [3.05, 3.63) is 0 Å². The summed E-state index contributed by atoms with van der Waals surface area (Å²) in [6, 6.07) is 0. The minimum atomic E-state index is -0.753. The second-order valence-electron chi connectivity index (χ2n) is 4.99. The molecule has 5 heteroatoms. The van der Waals surface area contributed by atoms with Crippen LogP contribution in [0.1, 0.15) is 26.2 Å². The molecule has 1 aliphatic rings. The predicted octanol–water partition coefficient (Wildman–Crippen LogP) is -0.0157. The number of aliphatic hydroxyl groups is 1. The molecule has 0 bridgehead atoms. The van der Waals surface area contributed by atoms with E-state index < -0.39 is 5.60 Å². The molecule has 2 N–H and O–H groups in total. The normalized spacial score (nSPS) is 25.9. The van der Waals surface area contributed by atoms with Crippen LogP contribution < -0.4 is 5.32 Å². The lowest BCUT2D eigenvalue weighted by molar-refractivity contribution is -0.133. The van der Waals surface area contributed by atoms with E-state index in [1.807, 2.05) is 6.92 Å². The fourth-order valence-electron chi connectivity index (χ4n) is 2.03. The Morgan fingerprint density at radius 3 is 2.88 bits per heavy atom. The number of hydrogen-bond donors (Lipinski definition) is 2. The largest absolute Gasteiger partial charge is 0.387 e. The molecule has 1 fully saturated rings. The van der Waals surface area contributed by atoms with Gasteiger partial charge in [0.15, 0.2) is 0 Å². The molecule has 0 saturated carbocycles. The number of nitrogens with zero attached hydrogens (tertiary/aromatic N) is 1. The highest BCUT2D eigenvalue weighted by Gasteiger charge is 2.33. The first-order valence-corrected chi connectivity index (χ1v) is 6.17. The highest BCUT2D eigenvalue weighted by molar-refractivity contribution is 5.75. The third kappa shape index (κ3) is 4.61. The van der Waals surface area contributed by atoms with Gasteiger partial charge in [0.2, 0.25) is 5.91 Å². The van der Waals surface area contributed by atoms with Crippen LogP contribution in [0, 0.1) is 0 Å². The van der Waals surface area contributed by atoms with Crippen LogP contribution >= 0.6 is 0 Å². The summed E-state index contributed by atoms with van der Waals surface area (Å²) < 4.78 is 5.10. The average molecular weight is 244 g/mol. The van der Waals surface area contributed by atoms with Crippen LogP contribution in [0.2, 0.25) is 0 Å². The van der Waals surface area contributed by atoms with E-state index in [1.54, 1.807) is 19.1 Å². The molecular formula is C12H24N2O3. The summed E-state index contributed by atoms with van der Waals surface area (Å²) in [6.07, 6.45) is 1.99. The molecule has 0 spiro atoms. The standard InChI is InChI=1S/C12H24N2O3/c1-10(17-3)4-5-11(15)14(2)9-12(16)6-7-13-8-12/h10,13,16H,4-9H2,1-3H3. The Labute approximate surface area is 103 Å². The summed E-state index contributed by atoms with van der Waals surface area (Å²) in [5.41, 5.74) is -0.753. The van der Waals surface area contributed by atoms with Crippen molar-refractivity contribution < 1.29 is 14.6 Å². The molecular weight excluding hydrogens is 220 g/mol. The minimum Gasteiger partial charge on any atom is -0.387 e. The zero-order valence-corrected chi connectivity index (χ0v) is 11.0. The lowest BCUT2D eigenvalue weighted by atomic mass is 10.0. The van der Waals surface area contributed by atoms with E-state index in [1.165, 1.54) is 0 Å². The SMILES string of the molecule is COC(C)CCC(=O)N(C)CC1(O)CCNC1. The van der Waals surface area contributed by atoms with Crippen molar-refractivity contribution in [1.82, 2.24) is 10.2 Å². The average Bonchev–Trinajstić information content (AvgIpc) is 2.71. The van der Waals surface area contributed by atoms with Gasteiger partial charge in [0.1, 0.15) is 0 Å². The molecule has 0 aromatic rings. The van der Waals surface area contributed by atoms with Crippen molar-refractivity contribution in [2.24, 2.45) is 0 Å². The topological polar surface area (TPSA) is 61.8 Å². The number of methoxy groups -OCH3 is 1. The number of amides is 1. The lowest BCUT2D eigenvalue weighted by Crippen LogP contribution is -2.45. The fraction of sp³-hybridized carbons (Fsp3) is 0.917. The Hall–Kier alpha value is -0.650. The highest BCUT2D eigenvalue weighted by Crippen LogP contribution is 2.16. The number of hydrogen-bond acceptors (Lipinski definition) is 4. The van der Waals surface area contributed by atoms with Gasteiger partial charge in [0.05, 0.1) is 18.2 Å². The summed E-state index contributed by atoms with van der Waals surface area (Å²) in [6.45, 7) is 3.74. The molecule has 1 amide bonds. The van der Waals surface area contributed by atoms with E-state index in [-0.39, 0.29) is 12.0 Å². The van der Waals surface area contributed by atoms with Crippen LogP contribution in [-0.4, -0.2) is 61.4 Å². The highest BCUT2D eigenvalue weighted by atomic mass is 16.5. The number of likely N-dealkylation sites (N-methyl/N-ethyl adjacent to an activating group) is 1. The Bertz CT molecular complexity index is 252. The van der Waals surface area contributed by atoms with Gasteiger partial charge in [-0.25, -0.2) is 0 Å². The first-order valence-electron chi connectivity index (χ1n) is 6.17. The van der Waals surface area contributed by atoms with Crippen molar-refractivity contribution in [2.45, 2.75) is 37.9 Å². The third-order valence-corrected chi connectivity index (χ3v) is 3.35. The van der Waals surface area contributed by atoms with Crippen LogP contribution in [0.5, 0.6) is 0 Å². The van der Waals surface area contributed by atoms with Gasteiger partial charge in [-0.2, -0.15) is 0 Å². The maximum Gasteiger partial charge on any atom is 0.222 e. The zero-order valence-electron chi connectivity index (χ0n) is 11.0. The van der Waals surface area contributed by atoms with Gasteiger partial charge >= 0.3 is 0 Å². The Morgan fingerprint density at radius 2 is 2.35 bits per heavy atom. The first-order chi connectivity index (χ1) is 7.97. The van der Waals surface area contributed by atoms with Crippen molar-refractivity contribution in [2.75, 3.05) is 33.8 Å². The molecule has 2 atom stereocenters. The Balaban J connectivity index is 2.31. The van der Waals surface area contributed by atoms with E-state index in [9.17, 15) is 9.90 Å². The quantitative estimate of drug-likeness (QED) is 0.689. The van der Waals surface area contributed by atoms with E-state index in [0.717, 1.165) is 13.0 Å². The van der Waals surface area contributed by atoms with Crippen molar-refractivity contribution >= 4 is 5.91 Å². The molecule has 1 aliphatic heterocycles. The molecule has 0 aliphatic carbocycles. The van der Waals surface area contributed by atoms with Gasteiger partial charge in [0.25, 0.3) is 0 Å². The van der Waals surface area contributed by atoms with E-state index in [0.29, 0.717) is 25.9 Å². The van der Waals surface area contributed by atoms with E-state index >= 15 is 0 Å².